The summed E-state index contributed by atoms with van der Waals surface area (Å²) in [5, 5.41) is 15.5. The van der Waals surface area contributed by atoms with Gasteiger partial charge < -0.3 is 5.11 Å². The minimum Gasteiger partial charge on any atom is -0.507 e. The number of aromatic nitrogens is 2. The van der Waals surface area contributed by atoms with Gasteiger partial charge in [0.2, 0.25) is 0 Å². The Hall–Kier alpha value is -2.28. The van der Waals surface area contributed by atoms with E-state index in [0.29, 0.717) is 16.5 Å². The van der Waals surface area contributed by atoms with Gasteiger partial charge in [0.1, 0.15) is 16.4 Å². The Bertz CT molecular complexity index is 1150. The fourth-order valence-electron chi connectivity index (χ4n) is 3.07. The summed E-state index contributed by atoms with van der Waals surface area (Å²) in [5.74, 6) is -0.237. The van der Waals surface area contributed by atoms with Gasteiger partial charge in [-0.15, -0.1) is 22.7 Å². The number of ketones is 1. The second-order valence-corrected chi connectivity index (χ2v) is 8.45. The number of carbonyl (C=O) groups is 1. The van der Waals surface area contributed by atoms with Gasteiger partial charge >= 0.3 is 0 Å². The molecule has 1 atom stereocenters. The highest BCUT2D eigenvalue weighted by Gasteiger charge is 2.26. The van der Waals surface area contributed by atoms with E-state index in [-0.39, 0.29) is 17.1 Å². The number of hydrogen-bond donors (Lipinski definition) is 1. The maximum atomic E-state index is 13.1. The van der Waals surface area contributed by atoms with Gasteiger partial charge in [-0.3, -0.25) is 4.79 Å². The van der Waals surface area contributed by atoms with Crippen molar-refractivity contribution in [2.45, 2.75) is 19.8 Å². The van der Waals surface area contributed by atoms with Crippen LogP contribution in [-0.4, -0.2) is 20.9 Å². The quantitative estimate of drug-likeness (QED) is 0.411. The van der Waals surface area contributed by atoms with Crippen molar-refractivity contribution in [2.24, 2.45) is 0 Å². The van der Waals surface area contributed by atoms with Crippen LogP contribution in [0, 0.1) is 6.92 Å². The van der Waals surface area contributed by atoms with Crippen LogP contribution in [0.25, 0.3) is 20.7 Å². The van der Waals surface area contributed by atoms with Crippen LogP contribution < -0.4 is 0 Å². The molecular weight excluding hydrogens is 400 g/mol. The second-order valence-electron chi connectivity index (χ2n) is 6.21. The number of carbonyl (C=O) groups excluding carboxylic acids is 1. The maximum Gasteiger partial charge on any atom is 0.175 e. The Labute approximate surface area is 169 Å². The molecule has 4 rings (SSSR count). The lowest BCUT2D eigenvalue weighted by atomic mass is 9.93. The number of fused-ring (bicyclic) bond motifs is 1. The summed E-state index contributed by atoms with van der Waals surface area (Å²) in [6, 6.07) is 8.53. The van der Waals surface area contributed by atoms with Crippen molar-refractivity contribution < 1.29 is 9.90 Å². The third-order valence-corrected chi connectivity index (χ3v) is 6.40. The molecule has 0 radical (unpaired) electrons. The van der Waals surface area contributed by atoms with Crippen LogP contribution in [0.15, 0.2) is 41.1 Å². The van der Waals surface area contributed by atoms with Crippen LogP contribution in [0.3, 0.4) is 0 Å². The molecule has 1 N–H and O–H groups in total. The molecule has 0 aliphatic carbocycles. The topological polar surface area (TPSA) is 63.1 Å². The Morgan fingerprint density at radius 2 is 2.04 bits per heavy atom. The third kappa shape index (κ3) is 3.25. The normalized spacial score (nSPS) is 12.4. The molecule has 7 heteroatoms. The predicted octanol–water partition coefficient (Wildman–Crippen LogP) is 6.07. The largest absolute Gasteiger partial charge is 0.507 e. The van der Waals surface area contributed by atoms with Crippen molar-refractivity contribution >= 4 is 50.3 Å². The first-order valence-electron chi connectivity index (χ1n) is 8.28. The molecule has 4 aromatic rings. The lowest BCUT2D eigenvalue weighted by Crippen LogP contribution is -2.13. The van der Waals surface area contributed by atoms with Crippen molar-refractivity contribution in [2.75, 3.05) is 0 Å². The van der Waals surface area contributed by atoms with E-state index in [0.717, 1.165) is 20.7 Å². The maximum absolute atomic E-state index is 13.1. The van der Waals surface area contributed by atoms with Crippen LogP contribution in [0.4, 0.5) is 0 Å². The summed E-state index contributed by atoms with van der Waals surface area (Å²) in [6.07, 6.45) is 0. The van der Waals surface area contributed by atoms with Gasteiger partial charge in [-0.2, -0.15) is 0 Å². The summed E-state index contributed by atoms with van der Waals surface area (Å²) in [5.41, 5.74) is 1.91. The summed E-state index contributed by atoms with van der Waals surface area (Å²) in [6.45, 7) is 3.63. The van der Waals surface area contributed by atoms with Gasteiger partial charge in [0, 0.05) is 26.2 Å². The van der Waals surface area contributed by atoms with E-state index < -0.39 is 5.92 Å². The fourth-order valence-corrected chi connectivity index (χ4v) is 5.06. The van der Waals surface area contributed by atoms with Gasteiger partial charge in [-0.25, -0.2) is 9.97 Å². The zero-order valence-corrected chi connectivity index (χ0v) is 17.0. The zero-order valence-electron chi connectivity index (χ0n) is 14.6. The highest BCUT2D eigenvalue weighted by atomic mass is 35.5. The van der Waals surface area contributed by atoms with Crippen molar-refractivity contribution in [1.29, 1.82) is 0 Å². The van der Waals surface area contributed by atoms with Crippen molar-refractivity contribution in [3.8, 4) is 16.2 Å². The van der Waals surface area contributed by atoms with E-state index in [2.05, 4.69) is 15.3 Å². The Morgan fingerprint density at radius 3 is 2.78 bits per heavy atom. The number of aryl methyl sites for hydroxylation is 1. The molecular formula is C20H15ClN2O2S2. The first-order chi connectivity index (χ1) is 13.0. The molecule has 0 bridgehead atoms. The molecule has 1 aromatic carbocycles. The van der Waals surface area contributed by atoms with Gasteiger partial charge in [-0.1, -0.05) is 17.7 Å². The van der Waals surface area contributed by atoms with E-state index in [1.165, 1.54) is 12.1 Å². The number of thiophene rings is 2. The summed E-state index contributed by atoms with van der Waals surface area (Å²) < 4.78 is 0. The van der Waals surface area contributed by atoms with Gasteiger partial charge in [0.15, 0.2) is 5.78 Å². The molecule has 4 nitrogen and oxygen atoms in total. The number of halogens is 1. The smallest absolute Gasteiger partial charge is 0.175 e. The molecule has 27 heavy (non-hydrogen) atoms. The lowest BCUT2D eigenvalue weighted by molar-refractivity contribution is 0.0962. The van der Waals surface area contributed by atoms with Crippen molar-refractivity contribution in [3.63, 3.8) is 0 Å². The number of phenolic OH excluding ortho intramolecular Hbond substituents is 1. The van der Waals surface area contributed by atoms with E-state index >= 15 is 0 Å². The monoisotopic (exact) mass is 414 g/mol. The number of aromatic hydroxyl groups is 1. The number of hydrogen-bond acceptors (Lipinski definition) is 6. The Morgan fingerprint density at radius 1 is 1.22 bits per heavy atom. The van der Waals surface area contributed by atoms with Crippen molar-refractivity contribution in [1.82, 2.24) is 9.97 Å². The summed E-state index contributed by atoms with van der Waals surface area (Å²) in [4.78, 5) is 24.2. The lowest BCUT2D eigenvalue weighted by Gasteiger charge is -2.14. The van der Waals surface area contributed by atoms with E-state index in [1.54, 1.807) is 35.7 Å². The molecule has 136 valence electrons. The Balaban J connectivity index is 1.88. The molecule has 3 aromatic heterocycles. The minimum absolute atomic E-state index is 0.0814. The minimum atomic E-state index is -0.549. The molecule has 0 amide bonds. The molecule has 1 unspecified atom stereocenters. The summed E-state index contributed by atoms with van der Waals surface area (Å²) >= 11 is 9.20. The van der Waals surface area contributed by atoms with Crippen LogP contribution in [0.2, 0.25) is 5.02 Å². The van der Waals surface area contributed by atoms with Crippen molar-refractivity contribution in [3.05, 3.63) is 63.2 Å². The number of nitrogens with zero attached hydrogens (tertiary/aromatic N) is 2. The average Bonchev–Trinajstić information content (AvgIpc) is 3.31. The van der Waals surface area contributed by atoms with Crippen LogP contribution >= 0.6 is 34.3 Å². The number of rotatable bonds is 4. The van der Waals surface area contributed by atoms with Gasteiger partial charge in [0.25, 0.3) is 0 Å². The second kappa shape index (κ2) is 7.03. The fraction of sp³-hybridized carbons (Fsp3) is 0.150. The van der Waals surface area contributed by atoms with Crippen LogP contribution in [0.1, 0.15) is 34.7 Å². The highest BCUT2D eigenvalue weighted by molar-refractivity contribution is 7.18. The van der Waals surface area contributed by atoms with E-state index in [1.807, 2.05) is 24.4 Å². The zero-order chi connectivity index (χ0) is 19.1. The first kappa shape index (κ1) is 18.1. The SMILES string of the molecule is Cc1nc(C(C)C(=O)c2cc(Cl)ccc2O)c2c(-c3cccs3)csc2n1. The number of benzene rings is 1. The molecule has 0 aliphatic heterocycles. The highest BCUT2D eigenvalue weighted by Crippen LogP contribution is 2.40. The molecule has 0 fully saturated rings. The average molecular weight is 415 g/mol. The number of Topliss-reactive ketones (excluding diaryl/α,β-unsaturated/α-hetero) is 1. The molecule has 0 saturated carbocycles. The molecule has 0 aliphatic rings. The third-order valence-electron chi connectivity index (χ3n) is 4.39. The molecule has 0 spiro atoms. The molecule has 0 saturated heterocycles. The summed E-state index contributed by atoms with van der Waals surface area (Å²) in [7, 11) is 0. The standard InChI is InChI=1S/C20H15ClN2O2S2/c1-10(19(25)13-8-12(21)5-6-15(13)24)18-17-14(16-4-3-7-26-16)9-27-20(17)23-11(2)22-18/h3-10,24H,1-2H3. The van der Waals surface area contributed by atoms with E-state index in [9.17, 15) is 9.90 Å². The van der Waals surface area contributed by atoms with E-state index in [4.69, 9.17) is 11.6 Å². The molecule has 3 heterocycles. The van der Waals surface area contributed by atoms with Crippen LogP contribution in [-0.2, 0) is 0 Å². The Kier molecular flexibility index (Phi) is 4.72. The van der Waals surface area contributed by atoms with Gasteiger partial charge in [0.05, 0.1) is 17.2 Å². The number of phenols is 1. The predicted molar refractivity (Wildman–Crippen MR) is 111 cm³/mol. The first-order valence-corrected chi connectivity index (χ1v) is 10.4. The van der Waals surface area contributed by atoms with Gasteiger partial charge in [-0.05, 0) is 43.5 Å². The van der Waals surface area contributed by atoms with Crippen LogP contribution in [0.5, 0.6) is 5.75 Å².